The number of rotatable bonds is 10. The number of thioether (sulfide) groups is 2. The zero-order chi connectivity index (χ0) is 22.9. The fourth-order valence-electron chi connectivity index (χ4n) is 2.68. The highest BCUT2D eigenvalue weighted by molar-refractivity contribution is 8.00. The SMILES string of the molecule is CCSc1nsc(NC(=O)CSc2cccc(NC(=O)c3c(OC)cccc3OC)c2)n1. The van der Waals surface area contributed by atoms with E-state index in [1.165, 1.54) is 37.7 Å². The third-order valence-electron chi connectivity index (χ3n) is 4.04. The van der Waals surface area contributed by atoms with Gasteiger partial charge in [-0.05, 0) is 36.1 Å². The van der Waals surface area contributed by atoms with E-state index in [2.05, 4.69) is 20.0 Å². The Morgan fingerprint density at radius 1 is 1.03 bits per heavy atom. The second kappa shape index (κ2) is 11.7. The van der Waals surface area contributed by atoms with Crippen LogP contribution >= 0.6 is 35.1 Å². The van der Waals surface area contributed by atoms with Gasteiger partial charge in [0.1, 0.15) is 17.1 Å². The van der Waals surface area contributed by atoms with E-state index >= 15 is 0 Å². The van der Waals surface area contributed by atoms with Crippen LogP contribution in [0.4, 0.5) is 10.8 Å². The summed E-state index contributed by atoms with van der Waals surface area (Å²) in [4.78, 5) is 30.2. The molecule has 0 aliphatic heterocycles. The van der Waals surface area contributed by atoms with Gasteiger partial charge in [0.2, 0.25) is 16.2 Å². The van der Waals surface area contributed by atoms with Gasteiger partial charge in [-0.15, -0.1) is 11.8 Å². The topological polar surface area (TPSA) is 102 Å². The molecule has 168 valence electrons. The lowest BCUT2D eigenvalue weighted by Gasteiger charge is -2.13. The number of amides is 2. The zero-order valence-electron chi connectivity index (χ0n) is 17.7. The lowest BCUT2D eigenvalue weighted by atomic mass is 10.1. The molecule has 2 aromatic carbocycles. The lowest BCUT2D eigenvalue weighted by molar-refractivity contribution is -0.113. The Morgan fingerprint density at radius 3 is 2.44 bits per heavy atom. The Hall–Kier alpha value is -2.76. The molecule has 0 saturated heterocycles. The molecule has 0 bridgehead atoms. The number of methoxy groups -OCH3 is 2. The summed E-state index contributed by atoms with van der Waals surface area (Å²) in [6.07, 6.45) is 0. The van der Waals surface area contributed by atoms with Gasteiger partial charge >= 0.3 is 0 Å². The summed E-state index contributed by atoms with van der Waals surface area (Å²) in [6, 6.07) is 12.4. The van der Waals surface area contributed by atoms with Crippen LogP contribution in [0.3, 0.4) is 0 Å². The number of nitrogens with one attached hydrogen (secondary N) is 2. The third-order valence-corrected chi connectivity index (χ3v) is 6.51. The van der Waals surface area contributed by atoms with E-state index < -0.39 is 0 Å². The molecule has 11 heteroatoms. The van der Waals surface area contributed by atoms with Crippen molar-refractivity contribution in [3.8, 4) is 11.5 Å². The summed E-state index contributed by atoms with van der Waals surface area (Å²) in [7, 11) is 3.00. The summed E-state index contributed by atoms with van der Waals surface area (Å²) in [5, 5.41) is 6.76. The van der Waals surface area contributed by atoms with Crippen LogP contribution in [0, 0.1) is 0 Å². The van der Waals surface area contributed by atoms with Crippen LogP contribution in [0.5, 0.6) is 11.5 Å². The maximum atomic E-state index is 12.8. The quantitative estimate of drug-likeness (QED) is 0.396. The van der Waals surface area contributed by atoms with E-state index in [1.54, 1.807) is 30.3 Å². The Kier molecular flexibility index (Phi) is 8.77. The first-order chi connectivity index (χ1) is 15.5. The maximum Gasteiger partial charge on any atom is 0.263 e. The minimum absolute atomic E-state index is 0.174. The van der Waals surface area contributed by atoms with E-state index in [9.17, 15) is 9.59 Å². The van der Waals surface area contributed by atoms with E-state index in [0.29, 0.717) is 33.0 Å². The van der Waals surface area contributed by atoms with Crippen LogP contribution in [0.1, 0.15) is 17.3 Å². The molecule has 0 aliphatic rings. The highest BCUT2D eigenvalue weighted by atomic mass is 32.2. The summed E-state index contributed by atoms with van der Waals surface area (Å²) >= 11 is 4.04. The smallest absolute Gasteiger partial charge is 0.263 e. The van der Waals surface area contributed by atoms with E-state index in [0.717, 1.165) is 22.2 Å². The first-order valence-corrected chi connectivity index (χ1v) is 12.3. The number of carbonyl (C=O) groups excluding carboxylic acids is 2. The highest BCUT2D eigenvalue weighted by Gasteiger charge is 2.18. The fraction of sp³-hybridized carbons (Fsp3) is 0.238. The van der Waals surface area contributed by atoms with E-state index in [4.69, 9.17) is 9.47 Å². The van der Waals surface area contributed by atoms with Gasteiger partial charge in [0.05, 0.1) is 20.0 Å². The number of benzene rings is 2. The van der Waals surface area contributed by atoms with Crippen molar-refractivity contribution in [2.75, 3.05) is 36.4 Å². The van der Waals surface area contributed by atoms with Gasteiger partial charge in [-0.25, -0.2) is 0 Å². The normalized spacial score (nSPS) is 10.5. The maximum absolute atomic E-state index is 12.8. The molecule has 2 N–H and O–H groups in total. The molecule has 3 aromatic rings. The number of hydrogen-bond donors (Lipinski definition) is 2. The Bertz CT molecular complexity index is 1070. The molecule has 0 radical (unpaired) electrons. The van der Waals surface area contributed by atoms with Gasteiger partial charge in [-0.2, -0.15) is 9.36 Å². The van der Waals surface area contributed by atoms with Crippen molar-refractivity contribution in [2.45, 2.75) is 17.0 Å². The van der Waals surface area contributed by atoms with Gasteiger partial charge in [-0.1, -0.05) is 30.8 Å². The molecular weight excluding hydrogens is 468 g/mol. The largest absolute Gasteiger partial charge is 0.496 e. The first-order valence-electron chi connectivity index (χ1n) is 9.55. The minimum Gasteiger partial charge on any atom is -0.496 e. The standard InChI is InChI=1S/C21H22N4O4S3/c1-4-30-21-24-20(32-25-21)23-17(26)12-31-14-8-5-7-13(11-14)22-19(27)18-15(28-2)9-6-10-16(18)29-3/h5-11H,4,12H2,1-3H3,(H,22,27)(H,23,24,25,26). The number of aromatic nitrogens is 2. The molecule has 0 aliphatic carbocycles. The molecule has 0 spiro atoms. The average molecular weight is 491 g/mol. The second-order valence-corrected chi connectivity index (χ2v) is 9.20. The van der Waals surface area contributed by atoms with Crippen molar-refractivity contribution in [2.24, 2.45) is 0 Å². The molecule has 0 fully saturated rings. The van der Waals surface area contributed by atoms with Crippen molar-refractivity contribution >= 4 is 57.7 Å². The first kappa shape index (κ1) is 23.9. The van der Waals surface area contributed by atoms with Crippen LogP contribution in [-0.2, 0) is 4.79 Å². The van der Waals surface area contributed by atoms with E-state index in [-0.39, 0.29) is 17.6 Å². The summed E-state index contributed by atoms with van der Waals surface area (Å²) in [5.41, 5.74) is 0.909. The van der Waals surface area contributed by atoms with Crippen LogP contribution < -0.4 is 20.1 Å². The molecule has 0 atom stereocenters. The number of anilines is 2. The summed E-state index contributed by atoms with van der Waals surface area (Å²) < 4.78 is 14.8. The zero-order valence-corrected chi connectivity index (χ0v) is 20.2. The highest BCUT2D eigenvalue weighted by Crippen LogP contribution is 2.30. The van der Waals surface area contributed by atoms with Gasteiger partial charge in [0, 0.05) is 22.1 Å². The number of nitrogens with zero attached hydrogens (tertiary/aromatic N) is 2. The van der Waals surface area contributed by atoms with E-state index in [1.807, 2.05) is 19.1 Å². The van der Waals surface area contributed by atoms with Gasteiger partial charge in [0.15, 0.2) is 0 Å². The molecule has 0 unspecified atom stereocenters. The summed E-state index contributed by atoms with van der Waals surface area (Å²) in [5.74, 6) is 1.38. The Balaban J connectivity index is 1.61. The number of hydrogen-bond acceptors (Lipinski definition) is 9. The number of carbonyl (C=O) groups is 2. The van der Waals surface area contributed by atoms with Gasteiger partial charge in [-0.3, -0.25) is 14.9 Å². The Labute approximate surface area is 198 Å². The predicted molar refractivity (Wildman–Crippen MR) is 130 cm³/mol. The van der Waals surface area contributed by atoms with Crippen molar-refractivity contribution in [3.05, 3.63) is 48.0 Å². The minimum atomic E-state index is -0.351. The molecule has 1 heterocycles. The van der Waals surface area contributed by atoms with Crippen molar-refractivity contribution in [3.63, 3.8) is 0 Å². The van der Waals surface area contributed by atoms with Crippen molar-refractivity contribution in [1.29, 1.82) is 0 Å². The van der Waals surface area contributed by atoms with Crippen molar-refractivity contribution < 1.29 is 19.1 Å². The van der Waals surface area contributed by atoms with Crippen LogP contribution in [0.15, 0.2) is 52.5 Å². The predicted octanol–water partition coefficient (Wildman–Crippen LogP) is 4.65. The van der Waals surface area contributed by atoms with Crippen LogP contribution in [0.25, 0.3) is 0 Å². The molecule has 3 rings (SSSR count). The number of ether oxygens (including phenoxy) is 2. The molecule has 8 nitrogen and oxygen atoms in total. The Morgan fingerprint density at radius 2 is 1.75 bits per heavy atom. The summed E-state index contributed by atoms with van der Waals surface area (Å²) in [6.45, 7) is 2.02. The molecule has 1 aromatic heterocycles. The molecule has 2 amide bonds. The van der Waals surface area contributed by atoms with Gasteiger partial charge in [0.25, 0.3) is 5.91 Å². The third kappa shape index (κ3) is 6.38. The average Bonchev–Trinajstić information content (AvgIpc) is 3.24. The van der Waals surface area contributed by atoms with Crippen LogP contribution in [-0.4, -0.2) is 46.9 Å². The monoisotopic (exact) mass is 490 g/mol. The lowest BCUT2D eigenvalue weighted by Crippen LogP contribution is -2.15. The van der Waals surface area contributed by atoms with Gasteiger partial charge < -0.3 is 14.8 Å². The molecule has 32 heavy (non-hydrogen) atoms. The molecule has 0 saturated carbocycles. The van der Waals surface area contributed by atoms with Crippen molar-refractivity contribution in [1.82, 2.24) is 9.36 Å². The van der Waals surface area contributed by atoms with Crippen LogP contribution in [0.2, 0.25) is 0 Å². The fourth-order valence-corrected chi connectivity index (χ4v) is 4.73. The second-order valence-electron chi connectivity index (χ2n) is 6.17. The molecular formula is C21H22N4O4S3.